The lowest BCUT2D eigenvalue weighted by Gasteiger charge is -2.26. The Bertz CT molecular complexity index is 528. The van der Waals surface area contributed by atoms with Gasteiger partial charge in [0, 0.05) is 17.6 Å². The minimum Gasteiger partial charge on any atom is -0.396 e. The maximum absolute atomic E-state index is 13.2. The van der Waals surface area contributed by atoms with Crippen molar-refractivity contribution >= 4 is 27.5 Å². The molecule has 0 fully saturated rings. The number of anilines is 1. The first kappa shape index (κ1) is 13.1. The second kappa shape index (κ2) is 5.10. The van der Waals surface area contributed by atoms with Crippen LogP contribution in [0.25, 0.3) is 0 Å². The van der Waals surface area contributed by atoms with Gasteiger partial charge >= 0.3 is 0 Å². The standard InChI is InChI=1S/C13H14BrFN2O/c1-8-2-4-17(5-3-8)13(18)9-6-12(16)11(15)7-10(9)14/h2,6-7H,3-5,16H2,1H3. The van der Waals surface area contributed by atoms with Crippen LogP contribution in [0.3, 0.4) is 0 Å². The van der Waals surface area contributed by atoms with Gasteiger partial charge in [-0.3, -0.25) is 4.79 Å². The second-order valence-corrected chi connectivity index (χ2v) is 5.26. The van der Waals surface area contributed by atoms with E-state index in [1.54, 1.807) is 4.90 Å². The van der Waals surface area contributed by atoms with E-state index in [0.29, 0.717) is 23.1 Å². The van der Waals surface area contributed by atoms with Crippen LogP contribution in [0.15, 0.2) is 28.3 Å². The van der Waals surface area contributed by atoms with E-state index in [-0.39, 0.29) is 11.6 Å². The summed E-state index contributed by atoms with van der Waals surface area (Å²) >= 11 is 3.20. The van der Waals surface area contributed by atoms with Gasteiger partial charge in [0.25, 0.3) is 5.91 Å². The van der Waals surface area contributed by atoms with Crippen molar-refractivity contribution in [3.8, 4) is 0 Å². The molecule has 96 valence electrons. The summed E-state index contributed by atoms with van der Waals surface area (Å²) in [6.07, 6.45) is 2.90. The lowest BCUT2D eigenvalue weighted by molar-refractivity contribution is 0.0768. The molecule has 0 atom stereocenters. The average Bonchev–Trinajstić information content (AvgIpc) is 2.34. The Morgan fingerprint density at radius 3 is 2.83 bits per heavy atom. The Morgan fingerprint density at radius 2 is 2.22 bits per heavy atom. The van der Waals surface area contributed by atoms with Crippen LogP contribution in [0, 0.1) is 5.82 Å². The van der Waals surface area contributed by atoms with Crippen LogP contribution >= 0.6 is 15.9 Å². The summed E-state index contributed by atoms with van der Waals surface area (Å²) in [5.74, 6) is -0.648. The van der Waals surface area contributed by atoms with E-state index in [2.05, 4.69) is 15.9 Å². The molecule has 0 spiro atoms. The third-order valence-electron chi connectivity index (χ3n) is 3.04. The molecule has 3 nitrogen and oxygen atoms in total. The van der Waals surface area contributed by atoms with E-state index < -0.39 is 5.82 Å². The minimum absolute atomic E-state index is 0.00900. The summed E-state index contributed by atoms with van der Waals surface area (Å²) in [7, 11) is 0. The number of nitrogen functional groups attached to an aromatic ring is 1. The van der Waals surface area contributed by atoms with Gasteiger partial charge in [-0.25, -0.2) is 4.39 Å². The Morgan fingerprint density at radius 1 is 1.50 bits per heavy atom. The van der Waals surface area contributed by atoms with E-state index in [0.717, 1.165) is 6.42 Å². The highest BCUT2D eigenvalue weighted by atomic mass is 79.9. The minimum atomic E-state index is -0.521. The first-order chi connectivity index (χ1) is 8.49. The zero-order valence-corrected chi connectivity index (χ0v) is 11.6. The van der Waals surface area contributed by atoms with Gasteiger partial charge in [-0.15, -0.1) is 0 Å². The van der Waals surface area contributed by atoms with Crippen molar-refractivity contribution in [1.82, 2.24) is 4.90 Å². The summed E-state index contributed by atoms with van der Waals surface area (Å²) in [5, 5.41) is 0. The number of nitrogens with zero attached hydrogens (tertiary/aromatic N) is 1. The zero-order valence-electron chi connectivity index (χ0n) is 10.0. The molecule has 2 N–H and O–H groups in total. The summed E-state index contributed by atoms with van der Waals surface area (Å²) in [4.78, 5) is 14.0. The van der Waals surface area contributed by atoms with Crippen LogP contribution in [-0.2, 0) is 0 Å². The molecule has 0 bridgehead atoms. The Hall–Kier alpha value is -1.36. The SMILES string of the molecule is CC1=CCN(C(=O)c2cc(N)c(F)cc2Br)CC1. The van der Waals surface area contributed by atoms with Crippen molar-refractivity contribution < 1.29 is 9.18 Å². The highest BCUT2D eigenvalue weighted by Gasteiger charge is 2.20. The molecule has 1 aliphatic rings. The first-order valence-corrected chi connectivity index (χ1v) is 6.48. The van der Waals surface area contributed by atoms with Crippen LogP contribution in [0.1, 0.15) is 23.7 Å². The van der Waals surface area contributed by atoms with Gasteiger partial charge in [0.15, 0.2) is 0 Å². The molecule has 2 rings (SSSR count). The molecule has 0 saturated heterocycles. The molecule has 0 aromatic heterocycles. The second-order valence-electron chi connectivity index (χ2n) is 4.41. The predicted molar refractivity (Wildman–Crippen MR) is 72.8 cm³/mol. The number of amides is 1. The van der Waals surface area contributed by atoms with Crippen molar-refractivity contribution in [2.75, 3.05) is 18.8 Å². The molecule has 5 heteroatoms. The van der Waals surface area contributed by atoms with Crippen molar-refractivity contribution in [2.24, 2.45) is 0 Å². The summed E-state index contributed by atoms with van der Waals surface area (Å²) in [6, 6.07) is 2.61. The highest BCUT2D eigenvalue weighted by Crippen LogP contribution is 2.25. The Balaban J connectivity index is 2.27. The smallest absolute Gasteiger partial charge is 0.255 e. The van der Waals surface area contributed by atoms with Crippen LogP contribution in [-0.4, -0.2) is 23.9 Å². The maximum atomic E-state index is 13.2. The lowest BCUT2D eigenvalue weighted by Crippen LogP contribution is -2.34. The Kier molecular flexibility index (Phi) is 3.71. The van der Waals surface area contributed by atoms with Gasteiger partial charge in [-0.1, -0.05) is 11.6 Å². The third-order valence-corrected chi connectivity index (χ3v) is 3.70. The summed E-state index contributed by atoms with van der Waals surface area (Å²) in [5.41, 5.74) is 7.18. The molecular formula is C13H14BrFN2O. The van der Waals surface area contributed by atoms with Crippen molar-refractivity contribution in [3.63, 3.8) is 0 Å². The lowest BCUT2D eigenvalue weighted by atomic mass is 10.1. The molecule has 0 radical (unpaired) electrons. The number of nitrogens with two attached hydrogens (primary N) is 1. The highest BCUT2D eigenvalue weighted by molar-refractivity contribution is 9.10. The molecule has 1 aromatic carbocycles. The number of rotatable bonds is 1. The number of benzene rings is 1. The van der Waals surface area contributed by atoms with E-state index in [1.807, 2.05) is 13.0 Å². The largest absolute Gasteiger partial charge is 0.396 e. The zero-order chi connectivity index (χ0) is 13.3. The summed E-state index contributed by atoms with van der Waals surface area (Å²) in [6.45, 7) is 3.33. The quantitative estimate of drug-likeness (QED) is 0.640. The van der Waals surface area contributed by atoms with Gasteiger partial charge in [0.2, 0.25) is 0 Å². The van der Waals surface area contributed by atoms with Gasteiger partial charge < -0.3 is 10.6 Å². The molecule has 1 aliphatic heterocycles. The van der Waals surface area contributed by atoms with Crippen LogP contribution in [0.2, 0.25) is 0 Å². The molecule has 18 heavy (non-hydrogen) atoms. The monoisotopic (exact) mass is 312 g/mol. The molecule has 0 aliphatic carbocycles. The predicted octanol–water partition coefficient (Wildman–Crippen LogP) is 2.96. The molecule has 1 aromatic rings. The van der Waals surface area contributed by atoms with E-state index >= 15 is 0 Å². The fourth-order valence-electron chi connectivity index (χ4n) is 1.86. The average molecular weight is 313 g/mol. The fraction of sp³-hybridized carbons (Fsp3) is 0.308. The molecule has 0 unspecified atom stereocenters. The van der Waals surface area contributed by atoms with E-state index in [1.165, 1.54) is 17.7 Å². The van der Waals surface area contributed by atoms with E-state index in [9.17, 15) is 9.18 Å². The molecular weight excluding hydrogens is 299 g/mol. The number of halogens is 2. The summed E-state index contributed by atoms with van der Waals surface area (Å²) < 4.78 is 13.7. The van der Waals surface area contributed by atoms with Gasteiger partial charge in [0.1, 0.15) is 5.82 Å². The number of carbonyl (C=O) groups excluding carboxylic acids is 1. The fourth-order valence-corrected chi connectivity index (χ4v) is 2.34. The van der Waals surface area contributed by atoms with Crippen LogP contribution in [0.5, 0.6) is 0 Å². The normalized spacial score (nSPS) is 15.5. The molecule has 1 heterocycles. The van der Waals surface area contributed by atoms with Crippen molar-refractivity contribution in [2.45, 2.75) is 13.3 Å². The van der Waals surface area contributed by atoms with Gasteiger partial charge in [-0.05, 0) is 41.4 Å². The van der Waals surface area contributed by atoms with Crippen molar-refractivity contribution in [1.29, 1.82) is 0 Å². The topological polar surface area (TPSA) is 46.3 Å². The molecule has 0 saturated carbocycles. The van der Waals surface area contributed by atoms with Crippen molar-refractivity contribution in [3.05, 3.63) is 39.6 Å². The van der Waals surface area contributed by atoms with Crippen LogP contribution in [0.4, 0.5) is 10.1 Å². The van der Waals surface area contributed by atoms with Gasteiger partial charge in [0.05, 0.1) is 11.3 Å². The van der Waals surface area contributed by atoms with E-state index in [4.69, 9.17) is 5.73 Å². The first-order valence-electron chi connectivity index (χ1n) is 5.68. The Labute approximate surface area is 114 Å². The van der Waals surface area contributed by atoms with Gasteiger partial charge in [-0.2, -0.15) is 0 Å². The third kappa shape index (κ3) is 2.56. The van der Waals surface area contributed by atoms with Crippen LogP contribution < -0.4 is 5.73 Å². The molecule has 1 amide bonds. The maximum Gasteiger partial charge on any atom is 0.255 e. The number of hydrogen-bond donors (Lipinski definition) is 1. The number of carbonyl (C=O) groups is 1. The number of hydrogen-bond acceptors (Lipinski definition) is 2.